The minimum absolute atomic E-state index is 0.670. The van der Waals surface area contributed by atoms with Gasteiger partial charge in [0.15, 0.2) is 6.19 Å². The van der Waals surface area contributed by atoms with Crippen molar-refractivity contribution in [2.24, 2.45) is 0 Å². The second-order valence-corrected chi connectivity index (χ2v) is 3.85. The Morgan fingerprint density at radius 1 is 1.53 bits per heavy atom. The Bertz CT molecular complexity index is 395. The van der Waals surface area contributed by atoms with E-state index >= 15 is 0 Å². The number of fused-ring (bicyclic) bond motifs is 1. The fourth-order valence-corrected chi connectivity index (χ4v) is 1.82. The van der Waals surface area contributed by atoms with Gasteiger partial charge in [-0.15, -0.1) is 0 Å². The van der Waals surface area contributed by atoms with Gasteiger partial charge in [0.25, 0.3) is 0 Å². The standard InChI is InChI=1S/C12H14N2O/c1-14(9-13)8-10-4-5-12-11(7-10)3-2-6-15-12/h4-5,7H,2-3,6,8H2,1H3. The molecule has 1 aliphatic rings. The summed E-state index contributed by atoms with van der Waals surface area (Å²) in [6.45, 7) is 1.49. The van der Waals surface area contributed by atoms with Crippen LogP contribution in [0.4, 0.5) is 0 Å². The van der Waals surface area contributed by atoms with Crippen LogP contribution in [0.1, 0.15) is 17.5 Å². The molecule has 1 aliphatic heterocycles. The number of benzene rings is 1. The molecule has 0 aromatic heterocycles. The molecular formula is C12H14N2O. The molecule has 0 saturated carbocycles. The van der Waals surface area contributed by atoms with Gasteiger partial charge >= 0.3 is 0 Å². The first-order valence-corrected chi connectivity index (χ1v) is 5.15. The third-order valence-electron chi connectivity index (χ3n) is 2.56. The van der Waals surface area contributed by atoms with Gasteiger partial charge in [0, 0.05) is 7.05 Å². The number of hydrogen-bond donors (Lipinski definition) is 0. The normalized spacial score (nSPS) is 13.6. The van der Waals surface area contributed by atoms with Gasteiger partial charge in [0.1, 0.15) is 5.75 Å². The second kappa shape index (κ2) is 4.22. The van der Waals surface area contributed by atoms with Crippen LogP contribution < -0.4 is 4.74 Å². The average molecular weight is 202 g/mol. The van der Waals surface area contributed by atoms with E-state index in [2.05, 4.69) is 12.3 Å². The summed E-state index contributed by atoms with van der Waals surface area (Å²) in [5, 5.41) is 8.69. The maximum Gasteiger partial charge on any atom is 0.179 e. The molecule has 1 heterocycles. The largest absolute Gasteiger partial charge is 0.493 e. The number of rotatable bonds is 2. The van der Waals surface area contributed by atoms with Crippen molar-refractivity contribution < 1.29 is 4.74 Å². The molecule has 1 aromatic rings. The van der Waals surface area contributed by atoms with Crippen molar-refractivity contribution in [2.75, 3.05) is 13.7 Å². The van der Waals surface area contributed by atoms with E-state index in [9.17, 15) is 0 Å². The van der Waals surface area contributed by atoms with Crippen molar-refractivity contribution in [1.82, 2.24) is 4.90 Å². The van der Waals surface area contributed by atoms with Gasteiger partial charge in [-0.25, -0.2) is 0 Å². The van der Waals surface area contributed by atoms with E-state index in [4.69, 9.17) is 10.00 Å². The molecule has 0 radical (unpaired) electrons. The summed E-state index contributed by atoms with van der Waals surface area (Å²) in [4.78, 5) is 1.62. The summed E-state index contributed by atoms with van der Waals surface area (Å²) in [5.41, 5.74) is 2.44. The van der Waals surface area contributed by atoms with Crippen LogP contribution in [-0.2, 0) is 13.0 Å². The lowest BCUT2D eigenvalue weighted by atomic mass is 10.0. The summed E-state index contributed by atoms with van der Waals surface area (Å²) in [6.07, 6.45) is 4.27. The maximum atomic E-state index is 8.69. The highest BCUT2D eigenvalue weighted by Crippen LogP contribution is 2.25. The smallest absolute Gasteiger partial charge is 0.179 e. The first-order chi connectivity index (χ1) is 7.29. The van der Waals surface area contributed by atoms with Crippen molar-refractivity contribution in [1.29, 1.82) is 5.26 Å². The lowest BCUT2D eigenvalue weighted by Crippen LogP contribution is -2.12. The van der Waals surface area contributed by atoms with Crippen LogP contribution in [0.3, 0.4) is 0 Å². The Kier molecular flexibility index (Phi) is 2.77. The molecule has 3 nitrogen and oxygen atoms in total. The highest BCUT2D eigenvalue weighted by molar-refractivity contribution is 5.38. The summed E-state index contributed by atoms with van der Waals surface area (Å²) in [6, 6.07) is 6.18. The van der Waals surface area contributed by atoms with Gasteiger partial charge in [-0.3, -0.25) is 0 Å². The fourth-order valence-electron chi connectivity index (χ4n) is 1.82. The van der Waals surface area contributed by atoms with E-state index < -0.39 is 0 Å². The van der Waals surface area contributed by atoms with Crippen LogP contribution in [0.15, 0.2) is 18.2 Å². The summed E-state index contributed by atoms with van der Waals surface area (Å²) < 4.78 is 5.53. The highest BCUT2D eigenvalue weighted by atomic mass is 16.5. The Morgan fingerprint density at radius 2 is 2.40 bits per heavy atom. The molecule has 3 heteroatoms. The van der Waals surface area contributed by atoms with Gasteiger partial charge in [0.05, 0.1) is 13.2 Å². The first-order valence-electron chi connectivity index (χ1n) is 5.15. The topological polar surface area (TPSA) is 36.3 Å². The number of nitriles is 1. The van der Waals surface area contributed by atoms with Crippen molar-refractivity contribution in [3.63, 3.8) is 0 Å². The third kappa shape index (κ3) is 2.21. The SMILES string of the molecule is CN(C#N)Cc1ccc2c(c1)CCCO2. The average Bonchev–Trinajstić information content (AvgIpc) is 2.29. The molecule has 78 valence electrons. The molecule has 0 spiro atoms. The monoisotopic (exact) mass is 202 g/mol. The zero-order chi connectivity index (χ0) is 10.7. The molecule has 1 aromatic carbocycles. The molecule has 0 unspecified atom stereocenters. The number of aryl methyl sites for hydroxylation is 1. The maximum absolute atomic E-state index is 8.69. The summed E-state index contributed by atoms with van der Waals surface area (Å²) in [7, 11) is 1.79. The van der Waals surface area contributed by atoms with Crippen molar-refractivity contribution >= 4 is 0 Å². The zero-order valence-electron chi connectivity index (χ0n) is 8.86. The van der Waals surface area contributed by atoms with E-state index in [1.54, 1.807) is 11.9 Å². The Hall–Kier alpha value is -1.69. The van der Waals surface area contributed by atoms with Gasteiger partial charge in [-0.2, -0.15) is 5.26 Å². The van der Waals surface area contributed by atoms with Crippen LogP contribution >= 0.6 is 0 Å². The minimum atomic E-state index is 0.670. The number of nitrogens with zero attached hydrogens (tertiary/aromatic N) is 2. The Balaban J connectivity index is 2.18. The molecule has 0 bridgehead atoms. The summed E-state index contributed by atoms with van der Waals surface area (Å²) >= 11 is 0. The first kappa shape index (κ1) is 9.85. The van der Waals surface area contributed by atoms with Gasteiger partial charge in [-0.1, -0.05) is 12.1 Å². The Morgan fingerprint density at radius 3 is 3.20 bits per heavy atom. The second-order valence-electron chi connectivity index (χ2n) is 3.85. The quantitative estimate of drug-likeness (QED) is 0.543. The molecule has 0 atom stereocenters. The molecule has 0 amide bonds. The zero-order valence-corrected chi connectivity index (χ0v) is 8.86. The molecular weight excluding hydrogens is 188 g/mol. The summed E-state index contributed by atoms with van der Waals surface area (Å²) in [5.74, 6) is 1.00. The van der Waals surface area contributed by atoms with Gasteiger partial charge in [0.2, 0.25) is 0 Å². The van der Waals surface area contributed by atoms with Crippen LogP contribution in [0.5, 0.6) is 5.75 Å². The third-order valence-corrected chi connectivity index (χ3v) is 2.56. The van der Waals surface area contributed by atoms with E-state index in [0.29, 0.717) is 6.54 Å². The van der Waals surface area contributed by atoms with Crippen LogP contribution in [0.25, 0.3) is 0 Å². The van der Waals surface area contributed by atoms with Crippen LogP contribution in [0.2, 0.25) is 0 Å². The van der Waals surface area contributed by atoms with E-state index in [0.717, 1.165) is 25.2 Å². The number of ether oxygens (including phenoxy) is 1. The molecule has 0 saturated heterocycles. The lowest BCUT2D eigenvalue weighted by molar-refractivity contribution is 0.288. The van der Waals surface area contributed by atoms with E-state index in [1.807, 2.05) is 12.1 Å². The van der Waals surface area contributed by atoms with Crippen LogP contribution in [0, 0.1) is 11.5 Å². The van der Waals surface area contributed by atoms with Crippen molar-refractivity contribution in [3.05, 3.63) is 29.3 Å². The molecule has 0 aliphatic carbocycles. The fraction of sp³-hybridized carbons (Fsp3) is 0.417. The lowest BCUT2D eigenvalue weighted by Gasteiger charge is -2.18. The van der Waals surface area contributed by atoms with Crippen molar-refractivity contribution in [3.8, 4) is 11.9 Å². The van der Waals surface area contributed by atoms with E-state index in [-0.39, 0.29) is 0 Å². The molecule has 0 fully saturated rings. The Labute approximate surface area is 89.9 Å². The molecule has 2 rings (SSSR count). The highest BCUT2D eigenvalue weighted by Gasteiger charge is 2.10. The van der Waals surface area contributed by atoms with Gasteiger partial charge in [-0.05, 0) is 30.0 Å². The number of hydrogen-bond acceptors (Lipinski definition) is 3. The minimum Gasteiger partial charge on any atom is -0.493 e. The van der Waals surface area contributed by atoms with Gasteiger partial charge < -0.3 is 9.64 Å². The van der Waals surface area contributed by atoms with E-state index in [1.165, 1.54) is 11.1 Å². The van der Waals surface area contributed by atoms with Crippen LogP contribution in [-0.4, -0.2) is 18.6 Å². The molecule has 15 heavy (non-hydrogen) atoms. The molecule has 0 N–H and O–H groups in total. The predicted octanol–water partition coefficient (Wildman–Crippen LogP) is 1.92. The predicted molar refractivity (Wildman–Crippen MR) is 57.3 cm³/mol. The van der Waals surface area contributed by atoms with Crippen molar-refractivity contribution in [2.45, 2.75) is 19.4 Å².